The van der Waals surface area contributed by atoms with Crippen LogP contribution in [0.15, 0.2) is 30.5 Å². The first-order valence-electron chi connectivity index (χ1n) is 5.00. The summed E-state index contributed by atoms with van der Waals surface area (Å²) in [5.41, 5.74) is 9.13. The number of nitrogens with zero attached hydrogens (tertiary/aromatic N) is 3. The normalized spacial score (nSPS) is 10.1. The Labute approximate surface area is 93.9 Å². The summed E-state index contributed by atoms with van der Waals surface area (Å²) in [6.45, 7) is 2.44. The van der Waals surface area contributed by atoms with E-state index in [1.165, 1.54) is 0 Å². The minimum absolute atomic E-state index is 0.476. The maximum atomic E-state index is 8.83. The van der Waals surface area contributed by atoms with Crippen molar-refractivity contribution < 1.29 is 0 Å². The Kier molecular flexibility index (Phi) is 2.71. The third-order valence-corrected chi connectivity index (χ3v) is 2.55. The van der Waals surface area contributed by atoms with E-state index in [9.17, 15) is 0 Å². The standard InChI is InChI=1S/C12H12N4/c1-9-11(7-14)8-15-16(9)12-4-2-3-10(5-12)6-13/h2-5,8H,7,14H2,1H3. The Balaban J connectivity index is 2.51. The van der Waals surface area contributed by atoms with Gasteiger partial charge in [-0.2, -0.15) is 10.4 Å². The molecule has 0 unspecified atom stereocenters. The van der Waals surface area contributed by atoms with E-state index < -0.39 is 0 Å². The van der Waals surface area contributed by atoms with Crippen LogP contribution in [0.2, 0.25) is 0 Å². The quantitative estimate of drug-likeness (QED) is 0.820. The van der Waals surface area contributed by atoms with Crippen LogP contribution in [0, 0.1) is 18.3 Å². The van der Waals surface area contributed by atoms with Crippen molar-refractivity contribution in [3.63, 3.8) is 0 Å². The summed E-state index contributed by atoms with van der Waals surface area (Å²) >= 11 is 0. The number of rotatable bonds is 2. The molecule has 1 aromatic carbocycles. The zero-order valence-corrected chi connectivity index (χ0v) is 9.01. The maximum Gasteiger partial charge on any atom is 0.0992 e. The number of nitrogens with two attached hydrogens (primary N) is 1. The van der Waals surface area contributed by atoms with Gasteiger partial charge in [0.25, 0.3) is 0 Å². The highest BCUT2D eigenvalue weighted by molar-refractivity contribution is 5.42. The van der Waals surface area contributed by atoms with Crippen LogP contribution >= 0.6 is 0 Å². The molecule has 0 fully saturated rings. The van der Waals surface area contributed by atoms with Gasteiger partial charge in [-0.3, -0.25) is 0 Å². The maximum absolute atomic E-state index is 8.83. The van der Waals surface area contributed by atoms with Gasteiger partial charge in [-0.05, 0) is 25.1 Å². The van der Waals surface area contributed by atoms with Crippen molar-refractivity contribution in [2.45, 2.75) is 13.5 Å². The van der Waals surface area contributed by atoms with E-state index in [0.717, 1.165) is 16.9 Å². The molecule has 0 aliphatic rings. The summed E-state index contributed by atoms with van der Waals surface area (Å²) in [4.78, 5) is 0. The molecule has 0 saturated carbocycles. The molecule has 16 heavy (non-hydrogen) atoms. The lowest BCUT2D eigenvalue weighted by atomic mass is 10.2. The molecule has 2 aromatic rings. The number of benzene rings is 1. The second kappa shape index (κ2) is 4.17. The molecular formula is C12H12N4. The van der Waals surface area contributed by atoms with Gasteiger partial charge in [-0.1, -0.05) is 6.07 Å². The molecule has 0 aliphatic carbocycles. The number of hydrogen-bond donors (Lipinski definition) is 1. The minimum Gasteiger partial charge on any atom is -0.326 e. The fraction of sp³-hybridized carbons (Fsp3) is 0.167. The van der Waals surface area contributed by atoms with E-state index >= 15 is 0 Å². The summed E-state index contributed by atoms with van der Waals surface area (Å²) in [6.07, 6.45) is 1.76. The van der Waals surface area contributed by atoms with Gasteiger partial charge < -0.3 is 5.73 Å². The van der Waals surface area contributed by atoms with Crippen LogP contribution in [0.5, 0.6) is 0 Å². The van der Waals surface area contributed by atoms with E-state index in [0.29, 0.717) is 12.1 Å². The molecule has 0 spiro atoms. The van der Waals surface area contributed by atoms with Gasteiger partial charge in [0.05, 0.1) is 23.5 Å². The van der Waals surface area contributed by atoms with Crippen LogP contribution in [0.4, 0.5) is 0 Å². The molecule has 80 valence electrons. The number of nitriles is 1. The van der Waals surface area contributed by atoms with Crippen molar-refractivity contribution in [1.29, 1.82) is 5.26 Å². The lowest BCUT2D eigenvalue weighted by Gasteiger charge is -2.05. The predicted octanol–water partition coefficient (Wildman–Crippen LogP) is 1.51. The van der Waals surface area contributed by atoms with E-state index in [1.54, 1.807) is 23.0 Å². The fourth-order valence-electron chi connectivity index (χ4n) is 1.61. The SMILES string of the molecule is Cc1c(CN)cnn1-c1cccc(C#N)c1. The van der Waals surface area contributed by atoms with Crippen molar-refractivity contribution in [2.75, 3.05) is 0 Å². The Morgan fingerprint density at radius 1 is 1.50 bits per heavy atom. The van der Waals surface area contributed by atoms with Crippen LogP contribution in [-0.4, -0.2) is 9.78 Å². The van der Waals surface area contributed by atoms with Crippen LogP contribution < -0.4 is 5.73 Å². The molecule has 2 N–H and O–H groups in total. The minimum atomic E-state index is 0.476. The zero-order valence-electron chi connectivity index (χ0n) is 9.01. The molecule has 0 atom stereocenters. The molecule has 1 aromatic heterocycles. The molecule has 2 rings (SSSR count). The summed E-state index contributed by atoms with van der Waals surface area (Å²) < 4.78 is 1.79. The molecule has 4 heteroatoms. The highest BCUT2D eigenvalue weighted by atomic mass is 15.3. The van der Waals surface area contributed by atoms with Gasteiger partial charge >= 0.3 is 0 Å². The first-order chi connectivity index (χ1) is 7.76. The van der Waals surface area contributed by atoms with Crippen LogP contribution in [0.3, 0.4) is 0 Å². The summed E-state index contributed by atoms with van der Waals surface area (Å²) in [5, 5.41) is 13.1. The fourth-order valence-corrected chi connectivity index (χ4v) is 1.61. The molecule has 0 bridgehead atoms. The second-order valence-corrected chi connectivity index (χ2v) is 3.53. The molecule has 0 amide bonds. The van der Waals surface area contributed by atoms with Gasteiger partial charge in [0.1, 0.15) is 0 Å². The third-order valence-electron chi connectivity index (χ3n) is 2.55. The second-order valence-electron chi connectivity index (χ2n) is 3.53. The average molecular weight is 212 g/mol. The highest BCUT2D eigenvalue weighted by Crippen LogP contribution is 2.14. The molecule has 0 aliphatic heterocycles. The lowest BCUT2D eigenvalue weighted by Crippen LogP contribution is -2.02. The smallest absolute Gasteiger partial charge is 0.0992 e. The van der Waals surface area contributed by atoms with Gasteiger partial charge in [0.15, 0.2) is 0 Å². The summed E-state index contributed by atoms with van der Waals surface area (Å²) in [7, 11) is 0. The first kappa shape index (κ1) is 10.4. The van der Waals surface area contributed by atoms with Gasteiger partial charge in [-0.25, -0.2) is 4.68 Å². The van der Waals surface area contributed by atoms with Crippen LogP contribution in [0.25, 0.3) is 5.69 Å². The average Bonchev–Trinajstić information content (AvgIpc) is 2.70. The molecule has 0 radical (unpaired) electrons. The van der Waals surface area contributed by atoms with Crippen LogP contribution in [-0.2, 0) is 6.54 Å². The number of aromatic nitrogens is 2. The Morgan fingerprint density at radius 2 is 2.31 bits per heavy atom. The van der Waals surface area contributed by atoms with E-state index in [2.05, 4.69) is 11.2 Å². The van der Waals surface area contributed by atoms with Gasteiger partial charge in [0.2, 0.25) is 0 Å². The molecule has 1 heterocycles. The topological polar surface area (TPSA) is 67.6 Å². The molecular weight excluding hydrogens is 200 g/mol. The Morgan fingerprint density at radius 3 is 2.94 bits per heavy atom. The van der Waals surface area contributed by atoms with Crippen molar-refractivity contribution in [3.05, 3.63) is 47.3 Å². The van der Waals surface area contributed by atoms with E-state index in [-0.39, 0.29) is 0 Å². The van der Waals surface area contributed by atoms with Gasteiger partial charge in [0, 0.05) is 17.8 Å². The van der Waals surface area contributed by atoms with E-state index in [4.69, 9.17) is 11.0 Å². The third kappa shape index (κ3) is 1.69. The first-order valence-corrected chi connectivity index (χ1v) is 5.00. The van der Waals surface area contributed by atoms with E-state index in [1.807, 2.05) is 19.1 Å². The monoisotopic (exact) mass is 212 g/mol. The van der Waals surface area contributed by atoms with Crippen molar-refractivity contribution in [1.82, 2.24) is 9.78 Å². The van der Waals surface area contributed by atoms with Crippen LogP contribution in [0.1, 0.15) is 16.8 Å². The van der Waals surface area contributed by atoms with Gasteiger partial charge in [-0.15, -0.1) is 0 Å². The zero-order chi connectivity index (χ0) is 11.5. The predicted molar refractivity (Wildman–Crippen MR) is 60.9 cm³/mol. The Hall–Kier alpha value is -2.12. The summed E-state index contributed by atoms with van der Waals surface area (Å²) in [6, 6.07) is 9.45. The largest absolute Gasteiger partial charge is 0.326 e. The number of hydrogen-bond acceptors (Lipinski definition) is 3. The lowest BCUT2D eigenvalue weighted by molar-refractivity contribution is 0.843. The Bertz CT molecular complexity index is 548. The summed E-state index contributed by atoms with van der Waals surface area (Å²) in [5.74, 6) is 0. The van der Waals surface area contributed by atoms with Crippen molar-refractivity contribution >= 4 is 0 Å². The molecule has 4 nitrogen and oxygen atoms in total. The van der Waals surface area contributed by atoms with Crippen molar-refractivity contribution in [3.8, 4) is 11.8 Å². The molecule has 0 saturated heterocycles. The highest BCUT2D eigenvalue weighted by Gasteiger charge is 2.06. The van der Waals surface area contributed by atoms with Crippen molar-refractivity contribution in [2.24, 2.45) is 5.73 Å².